The zero-order chi connectivity index (χ0) is 17.1. The van der Waals surface area contributed by atoms with E-state index in [-0.39, 0.29) is 6.04 Å². The van der Waals surface area contributed by atoms with Crippen LogP contribution in [0.15, 0.2) is 101 Å². The lowest BCUT2D eigenvalue weighted by atomic mass is 9.94. The summed E-state index contributed by atoms with van der Waals surface area (Å²) in [6.07, 6.45) is 0. The van der Waals surface area contributed by atoms with Crippen LogP contribution in [-0.4, -0.2) is 23.5 Å². The Balaban J connectivity index is 1.85. The molecule has 0 radical (unpaired) electrons. The molecule has 0 fully saturated rings. The van der Waals surface area contributed by atoms with Crippen LogP contribution in [0.5, 0.6) is 0 Å². The largest absolute Gasteiger partial charge is 0.345 e. The molecule has 0 amide bonds. The molecular weight excluding hydrogens is 306 g/mol. The Labute approximate surface area is 148 Å². The first kappa shape index (κ1) is 15.3. The molecule has 3 heteroatoms. The fourth-order valence-electron chi connectivity index (χ4n) is 3.22. The molecule has 1 heterocycles. The number of hydrogen-bond acceptors (Lipinski definition) is 3. The highest BCUT2D eigenvalue weighted by molar-refractivity contribution is 6.11. The van der Waals surface area contributed by atoms with Crippen LogP contribution in [0.2, 0.25) is 0 Å². The van der Waals surface area contributed by atoms with E-state index < -0.39 is 0 Å². The van der Waals surface area contributed by atoms with Crippen LogP contribution in [-0.2, 0) is 0 Å². The van der Waals surface area contributed by atoms with Gasteiger partial charge in [0.1, 0.15) is 6.04 Å². The summed E-state index contributed by atoms with van der Waals surface area (Å²) < 4.78 is 0. The van der Waals surface area contributed by atoms with Crippen molar-refractivity contribution in [3.8, 4) is 0 Å². The number of benzene rings is 3. The van der Waals surface area contributed by atoms with Crippen LogP contribution in [0.25, 0.3) is 0 Å². The van der Waals surface area contributed by atoms with Crippen LogP contribution >= 0.6 is 0 Å². The van der Waals surface area contributed by atoms with Crippen molar-refractivity contribution in [2.45, 2.75) is 6.04 Å². The molecule has 1 unspecified atom stereocenters. The minimum Gasteiger partial charge on any atom is -0.345 e. The van der Waals surface area contributed by atoms with Gasteiger partial charge in [0, 0.05) is 18.2 Å². The van der Waals surface area contributed by atoms with E-state index in [0.717, 1.165) is 22.7 Å². The van der Waals surface area contributed by atoms with Crippen molar-refractivity contribution in [3.63, 3.8) is 0 Å². The van der Waals surface area contributed by atoms with E-state index in [1.54, 1.807) is 0 Å². The van der Waals surface area contributed by atoms with E-state index >= 15 is 0 Å². The molecule has 0 spiro atoms. The van der Waals surface area contributed by atoms with Crippen LogP contribution in [0.3, 0.4) is 0 Å². The van der Waals surface area contributed by atoms with Crippen molar-refractivity contribution >= 4 is 11.5 Å². The van der Waals surface area contributed by atoms with Gasteiger partial charge in [-0.15, -0.1) is 5.10 Å². The van der Waals surface area contributed by atoms with Gasteiger partial charge < -0.3 is 4.90 Å². The van der Waals surface area contributed by atoms with Crippen LogP contribution < -0.4 is 0 Å². The van der Waals surface area contributed by atoms with Gasteiger partial charge in [0.2, 0.25) is 0 Å². The first-order valence-corrected chi connectivity index (χ1v) is 8.39. The van der Waals surface area contributed by atoms with E-state index in [1.165, 1.54) is 5.56 Å². The molecular formula is C22H19N3. The molecule has 122 valence electrons. The number of hydrogen-bond donors (Lipinski definition) is 0. The fraction of sp³-hybridized carbons (Fsp3) is 0.0909. The van der Waals surface area contributed by atoms with Gasteiger partial charge in [-0.05, 0) is 5.56 Å². The Hall–Kier alpha value is -3.20. The maximum Gasteiger partial charge on any atom is 0.159 e. The Kier molecular flexibility index (Phi) is 4.13. The van der Waals surface area contributed by atoms with E-state index in [0.29, 0.717) is 0 Å². The first-order chi connectivity index (χ1) is 12.3. The molecule has 4 rings (SSSR count). The summed E-state index contributed by atoms with van der Waals surface area (Å²) in [5.74, 6) is 0.883. The molecule has 25 heavy (non-hydrogen) atoms. The van der Waals surface area contributed by atoms with Gasteiger partial charge in [-0.3, -0.25) is 0 Å². The smallest absolute Gasteiger partial charge is 0.159 e. The summed E-state index contributed by atoms with van der Waals surface area (Å²) in [5.41, 5.74) is 4.34. The standard InChI is InChI=1S/C22H19N3/c1-25-21(18-13-7-3-8-14-18)20(17-11-5-2-6-12-17)23-24-22(25)19-15-9-4-10-16-19/h2-16,21H,1H3. The van der Waals surface area contributed by atoms with Gasteiger partial charge in [0.15, 0.2) is 5.84 Å². The molecule has 1 aliphatic heterocycles. The monoisotopic (exact) mass is 325 g/mol. The maximum atomic E-state index is 4.63. The molecule has 0 saturated carbocycles. The third-order valence-electron chi connectivity index (χ3n) is 4.45. The highest BCUT2D eigenvalue weighted by Crippen LogP contribution is 2.29. The molecule has 3 aromatic carbocycles. The summed E-state index contributed by atoms with van der Waals surface area (Å²) >= 11 is 0. The molecule has 0 aliphatic carbocycles. The SMILES string of the molecule is CN1C(c2ccccc2)=NN=C(c2ccccc2)C1c1ccccc1. The molecule has 1 atom stereocenters. The number of likely N-dealkylation sites (N-methyl/N-ethyl adjacent to an activating group) is 1. The molecule has 3 aromatic rings. The van der Waals surface area contributed by atoms with E-state index in [4.69, 9.17) is 0 Å². The second kappa shape index (κ2) is 6.73. The quantitative estimate of drug-likeness (QED) is 0.695. The average molecular weight is 325 g/mol. The molecule has 0 saturated heterocycles. The highest BCUT2D eigenvalue weighted by atomic mass is 15.4. The summed E-state index contributed by atoms with van der Waals surface area (Å²) in [6.45, 7) is 0. The predicted octanol–water partition coefficient (Wildman–Crippen LogP) is 4.52. The van der Waals surface area contributed by atoms with E-state index in [9.17, 15) is 0 Å². The third-order valence-corrected chi connectivity index (χ3v) is 4.45. The van der Waals surface area contributed by atoms with Gasteiger partial charge in [-0.2, -0.15) is 5.10 Å². The van der Waals surface area contributed by atoms with Gasteiger partial charge in [-0.1, -0.05) is 91.0 Å². The number of amidine groups is 1. The van der Waals surface area contributed by atoms with Crippen molar-refractivity contribution in [2.75, 3.05) is 7.05 Å². The zero-order valence-corrected chi connectivity index (χ0v) is 14.1. The normalized spacial score (nSPS) is 17.0. The van der Waals surface area contributed by atoms with Crippen molar-refractivity contribution in [1.82, 2.24) is 4.90 Å². The van der Waals surface area contributed by atoms with Crippen molar-refractivity contribution < 1.29 is 0 Å². The summed E-state index contributed by atoms with van der Waals surface area (Å²) in [7, 11) is 2.08. The summed E-state index contributed by atoms with van der Waals surface area (Å²) in [6, 6.07) is 31.0. The lowest BCUT2D eigenvalue weighted by molar-refractivity contribution is 0.451. The van der Waals surface area contributed by atoms with Gasteiger partial charge in [-0.25, -0.2) is 0 Å². The lowest BCUT2D eigenvalue weighted by Gasteiger charge is -2.34. The Morgan fingerprint density at radius 1 is 0.640 bits per heavy atom. The third kappa shape index (κ3) is 2.96. The van der Waals surface area contributed by atoms with Crippen molar-refractivity contribution in [3.05, 3.63) is 108 Å². The molecule has 0 N–H and O–H groups in total. The Morgan fingerprint density at radius 2 is 1.16 bits per heavy atom. The zero-order valence-electron chi connectivity index (χ0n) is 14.1. The van der Waals surface area contributed by atoms with Crippen LogP contribution in [0.1, 0.15) is 22.7 Å². The number of rotatable bonds is 3. The second-order valence-corrected chi connectivity index (χ2v) is 6.07. The summed E-state index contributed by atoms with van der Waals surface area (Å²) in [4.78, 5) is 2.21. The Morgan fingerprint density at radius 3 is 1.76 bits per heavy atom. The molecule has 0 bridgehead atoms. The van der Waals surface area contributed by atoms with Crippen molar-refractivity contribution in [1.29, 1.82) is 0 Å². The lowest BCUT2D eigenvalue weighted by Crippen LogP contribution is -2.39. The van der Waals surface area contributed by atoms with E-state index in [1.807, 2.05) is 42.5 Å². The number of nitrogens with zero attached hydrogens (tertiary/aromatic N) is 3. The summed E-state index contributed by atoms with van der Waals surface area (Å²) in [5, 5.41) is 9.17. The Bertz CT molecular complexity index is 900. The average Bonchev–Trinajstić information content (AvgIpc) is 2.70. The second-order valence-electron chi connectivity index (χ2n) is 6.07. The minimum atomic E-state index is 0.0244. The molecule has 1 aliphatic rings. The van der Waals surface area contributed by atoms with E-state index in [2.05, 4.69) is 70.7 Å². The molecule has 0 aromatic heterocycles. The topological polar surface area (TPSA) is 28.0 Å². The van der Waals surface area contributed by atoms with Crippen molar-refractivity contribution in [2.24, 2.45) is 10.2 Å². The van der Waals surface area contributed by atoms with Gasteiger partial charge >= 0.3 is 0 Å². The predicted molar refractivity (Wildman–Crippen MR) is 103 cm³/mol. The van der Waals surface area contributed by atoms with Gasteiger partial charge in [0.05, 0.1) is 5.71 Å². The highest BCUT2D eigenvalue weighted by Gasteiger charge is 2.30. The fourth-order valence-corrected chi connectivity index (χ4v) is 3.22. The molecule has 3 nitrogen and oxygen atoms in total. The van der Waals surface area contributed by atoms with Crippen LogP contribution in [0.4, 0.5) is 0 Å². The first-order valence-electron chi connectivity index (χ1n) is 8.39. The maximum absolute atomic E-state index is 4.63. The van der Waals surface area contributed by atoms with Gasteiger partial charge in [0.25, 0.3) is 0 Å². The van der Waals surface area contributed by atoms with Crippen LogP contribution in [0, 0.1) is 0 Å². The minimum absolute atomic E-state index is 0.0244.